The molecule has 2 heterocycles. The zero-order chi connectivity index (χ0) is 14.8. The van der Waals surface area contributed by atoms with Crippen LogP contribution < -0.4 is 0 Å². The molecular weight excluding hydrogens is 254 g/mol. The number of piperidine rings is 1. The number of hydrogen-bond acceptors (Lipinski definition) is 3. The summed E-state index contributed by atoms with van der Waals surface area (Å²) in [5.41, 5.74) is 0.705. The first-order chi connectivity index (χ1) is 9.47. The molecule has 1 aromatic heterocycles. The van der Waals surface area contributed by atoms with Gasteiger partial charge in [-0.3, -0.25) is 14.4 Å². The molecule has 1 saturated heterocycles. The number of rotatable bonds is 5. The Hall–Kier alpha value is -1.36. The van der Waals surface area contributed by atoms with Crippen molar-refractivity contribution >= 4 is 5.97 Å². The average molecular weight is 279 g/mol. The van der Waals surface area contributed by atoms with Gasteiger partial charge < -0.3 is 5.11 Å². The van der Waals surface area contributed by atoms with Crippen molar-refractivity contribution in [3.63, 3.8) is 0 Å². The van der Waals surface area contributed by atoms with Crippen LogP contribution in [0.5, 0.6) is 0 Å². The van der Waals surface area contributed by atoms with Gasteiger partial charge in [0.15, 0.2) is 0 Å². The molecule has 112 valence electrons. The third-order valence-corrected chi connectivity index (χ3v) is 4.53. The van der Waals surface area contributed by atoms with Gasteiger partial charge in [0.2, 0.25) is 0 Å². The summed E-state index contributed by atoms with van der Waals surface area (Å²) in [4.78, 5) is 13.8. The molecule has 20 heavy (non-hydrogen) atoms. The highest BCUT2D eigenvalue weighted by molar-refractivity contribution is 5.74. The van der Waals surface area contributed by atoms with Crippen LogP contribution >= 0.6 is 0 Å². The van der Waals surface area contributed by atoms with E-state index in [1.54, 1.807) is 0 Å². The van der Waals surface area contributed by atoms with Gasteiger partial charge in [-0.25, -0.2) is 0 Å². The molecule has 1 aliphatic heterocycles. The monoisotopic (exact) mass is 279 g/mol. The molecule has 5 nitrogen and oxygen atoms in total. The molecule has 0 amide bonds. The number of aliphatic carboxylic acids is 1. The highest BCUT2D eigenvalue weighted by Crippen LogP contribution is 2.35. The van der Waals surface area contributed by atoms with Crippen LogP contribution in [0.1, 0.15) is 51.6 Å². The van der Waals surface area contributed by atoms with Crippen LogP contribution in [0.25, 0.3) is 0 Å². The average Bonchev–Trinajstić information content (AvgIpc) is 2.88. The third-order valence-electron chi connectivity index (χ3n) is 4.53. The summed E-state index contributed by atoms with van der Waals surface area (Å²) in [6.45, 7) is 8.78. The Morgan fingerprint density at radius 3 is 2.55 bits per heavy atom. The van der Waals surface area contributed by atoms with Gasteiger partial charge in [0.1, 0.15) is 0 Å². The van der Waals surface area contributed by atoms with Crippen LogP contribution in [0.2, 0.25) is 0 Å². The van der Waals surface area contributed by atoms with E-state index in [4.69, 9.17) is 0 Å². The molecule has 0 spiro atoms. The Balaban J connectivity index is 1.92. The number of nitrogens with zero attached hydrogens (tertiary/aromatic N) is 3. The minimum atomic E-state index is -0.632. The lowest BCUT2D eigenvalue weighted by molar-refractivity contribution is -0.152. The first-order valence-corrected chi connectivity index (χ1v) is 7.45. The van der Waals surface area contributed by atoms with Gasteiger partial charge in [0, 0.05) is 24.3 Å². The molecule has 0 saturated carbocycles. The third kappa shape index (κ3) is 3.03. The molecule has 0 aliphatic carbocycles. The summed E-state index contributed by atoms with van der Waals surface area (Å²) in [6.07, 6.45) is 6.22. The van der Waals surface area contributed by atoms with Crippen molar-refractivity contribution in [2.75, 3.05) is 13.1 Å². The molecule has 2 rings (SSSR count). The molecule has 1 N–H and O–H groups in total. The first kappa shape index (κ1) is 15.0. The topological polar surface area (TPSA) is 58.4 Å². The Morgan fingerprint density at radius 2 is 2.10 bits per heavy atom. The zero-order valence-electron chi connectivity index (χ0n) is 12.7. The van der Waals surface area contributed by atoms with Gasteiger partial charge in [0.25, 0.3) is 0 Å². The number of aromatic nitrogens is 2. The lowest BCUT2D eigenvalue weighted by atomic mass is 9.76. The van der Waals surface area contributed by atoms with E-state index in [1.165, 1.54) is 5.56 Å². The van der Waals surface area contributed by atoms with E-state index in [2.05, 4.69) is 30.0 Å². The molecule has 5 heteroatoms. The van der Waals surface area contributed by atoms with Crippen LogP contribution in [0, 0.1) is 5.41 Å². The number of carboxylic acids is 1. The number of carbonyl (C=O) groups is 1. The van der Waals surface area contributed by atoms with Gasteiger partial charge in [-0.1, -0.05) is 6.92 Å². The second-order valence-corrected chi connectivity index (χ2v) is 6.14. The van der Waals surface area contributed by atoms with Crippen LogP contribution in [0.4, 0.5) is 0 Å². The smallest absolute Gasteiger partial charge is 0.309 e. The van der Waals surface area contributed by atoms with Crippen LogP contribution in [-0.2, 0) is 11.3 Å². The molecule has 1 aliphatic rings. The Bertz CT molecular complexity index is 459. The van der Waals surface area contributed by atoms with Crippen molar-refractivity contribution in [1.29, 1.82) is 0 Å². The fraction of sp³-hybridized carbons (Fsp3) is 0.733. The summed E-state index contributed by atoms with van der Waals surface area (Å²) in [5.74, 6) is -0.632. The SMILES string of the molecule is CCC1(C(=O)O)CCN(Cc2cnn(C(C)C)c2)CC1. The van der Waals surface area contributed by atoms with E-state index < -0.39 is 11.4 Å². The van der Waals surface area contributed by atoms with Crippen molar-refractivity contribution in [3.8, 4) is 0 Å². The number of carboxylic acid groups (broad SMARTS) is 1. The van der Waals surface area contributed by atoms with Crippen molar-refractivity contribution in [2.45, 2.75) is 52.6 Å². The summed E-state index contributed by atoms with van der Waals surface area (Å²) < 4.78 is 1.97. The van der Waals surface area contributed by atoms with Gasteiger partial charge in [-0.2, -0.15) is 5.10 Å². The molecule has 0 unspecified atom stereocenters. The Kier molecular flexibility index (Phi) is 4.48. The Labute approximate surface area is 120 Å². The van der Waals surface area contributed by atoms with E-state index in [9.17, 15) is 9.90 Å². The molecular formula is C15H25N3O2. The molecule has 0 aromatic carbocycles. The maximum Gasteiger partial charge on any atom is 0.309 e. The summed E-state index contributed by atoms with van der Waals surface area (Å²) in [5, 5.41) is 13.7. The predicted octanol–water partition coefficient (Wildman–Crippen LogP) is 2.54. The quantitative estimate of drug-likeness (QED) is 0.900. The van der Waals surface area contributed by atoms with Gasteiger partial charge in [0.05, 0.1) is 11.6 Å². The van der Waals surface area contributed by atoms with Crippen molar-refractivity contribution in [1.82, 2.24) is 14.7 Å². The van der Waals surface area contributed by atoms with Gasteiger partial charge >= 0.3 is 5.97 Å². The minimum Gasteiger partial charge on any atom is -0.481 e. The largest absolute Gasteiger partial charge is 0.481 e. The van der Waals surface area contributed by atoms with Crippen molar-refractivity contribution in [3.05, 3.63) is 18.0 Å². The molecule has 0 atom stereocenters. The normalized spacial score (nSPS) is 19.4. The van der Waals surface area contributed by atoms with E-state index in [0.29, 0.717) is 6.04 Å². The van der Waals surface area contributed by atoms with E-state index >= 15 is 0 Å². The summed E-state index contributed by atoms with van der Waals surface area (Å²) in [7, 11) is 0. The maximum atomic E-state index is 11.4. The predicted molar refractivity (Wildman–Crippen MR) is 77.5 cm³/mol. The fourth-order valence-corrected chi connectivity index (χ4v) is 2.86. The molecule has 1 fully saturated rings. The second-order valence-electron chi connectivity index (χ2n) is 6.14. The summed E-state index contributed by atoms with van der Waals surface area (Å²) >= 11 is 0. The van der Waals surface area contributed by atoms with Gasteiger partial charge in [-0.05, 0) is 46.2 Å². The second kappa shape index (κ2) is 5.95. The van der Waals surface area contributed by atoms with E-state index in [-0.39, 0.29) is 0 Å². The van der Waals surface area contributed by atoms with Crippen LogP contribution in [-0.4, -0.2) is 38.8 Å². The lowest BCUT2D eigenvalue weighted by Crippen LogP contribution is -2.43. The molecule has 0 bridgehead atoms. The highest BCUT2D eigenvalue weighted by Gasteiger charge is 2.39. The highest BCUT2D eigenvalue weighted by atomic mass is 16.4. The number of hydrogen-bond donors (Lipinski definition) is 1. The lowest BCUT2D eigenvalue weighted by Gasteiger charge is -2.38. The first-order valence-electron chi connectivity index (χ1n) is 7.45. The fourth-order valence-electron chi connectivity index (χ4n) is 2.86. The van der Waals surface area contributed by atoms with E-state index in [0.717, 1.165) is 38.9 Å². The van der Waals surface area contributed by atoms with E-state index in [1.807, 2.05) is 17.8 Å². The van der Waals surface area contributed by atoms with Crippen molar-refractivity contribution in [2.24, 2.45) is 5.41 Å². The zero-order valence-corrected chi connectivity index (χ0v) is 12.7. The summed E-state index contributed by atoms with van der Waals surface area (Å²) in [6, 6.07) is 0.379. The minimum absolute atomic E-state index is 0.379. The number of likely N-dealkylation sites (tertiary alicyclic amines) is 1. The Morgan fingerprint density at radius 1 is 1.45 bits per heavy atom. The van der Waals surface area contributed by atoms with Crippen molar-refractivity contribution < 1.29 is 9.90 Å². The van der Waals surface area contributed by atoms with Crippen LogP contribution in [0.3, 0.4) is 0 Å². The van der Waals surface area contributed by atoms with Crippen LogP contribution in [0.15, 0.2) is 12.4 Å². The molecule has 1 aromatic rings. The maximum absolute atomic E-state index is 11.4. The van der Waals surface area contributed by atoms with Gasteiger partial charge in [-0.15, -0.1) is 0 Å². The molecule has 0 radical (unpaired) electrons. The standard InChI is InChI=1S/C15H25N3O2/c1-4-15(14(19)20)5-7-17(8-6-15)10-13-9-16-18(11-13)12(2)3/h9,11-12H,4-8,10H2,1-3H3,(H,19,20).